The number of carbonyl (C=O) groups excluding carboxylic acids is 2. The number of rotatable bonds is 3. The van der Waals surface area contributed by atoms with Crippen molar-refractivity contribution >= 4 is 17.9 Å². The third kappa shape index (κ3) is 5.11. The predicted octanol–water partition coefficient (Wildman–Crippen LogP) is 1.37. The summed E-state index contributed by atoms with van der Waals surface area (Å²) in [5.41, 5.74) is 0. The van der Waals surface area contributed by atoms with E-state index in [9.17, 15) is 14.4 Å². The monoisotopic (exact) mass is 268 g/mol. The number of urea groups is 1. The average molecular weight is 268 g/mol. The lowest BCUT2D eigenvalue weighted by atomic mass is 9.86. The molecule has 0 bridgehead atoms. The van der Waals surface area contributed by atoms with Gasteiger partial charge in [0, 0.05) is 25.2 Å². The molecule has 0 spiro atoms. The SMILES string of the molecule is CC1CCCC(N(C)C(=O)NC(=O)/C=C/C(=O)O)C1. The van der Waals surface area contributed by atoms with E-state index < -0.39 is 17.9 Å². The minimum absolute atomic E-state index is 0.139. The molecule has 0 aromatic rings. The maximum absolute atomic E-state index is 11.8. The van der Waals surface area contributed by atoms with Crippen molar-refractivity contribution in [2.75, 3.05) is 7.05 Å². The van der Waals surface area contributed by atoms with Crippen molar-refractivity contribution < 1.29 is 19.5 Å². The molecular formula is C13H20N2O4. The molecule has 0 aromatic heterocycles. The number of imide groups is 1. The van der Waals surface area contributed by atoms with Gasteiger partial charge in [0.1, 0.15) is 0 Å². The van der Waals surface area contributed by atoms with Crippen LogP contribution in [0.2, 0.25) is 0 Å². The van der Waals surface area contributed by atoms with E-state index in [1.807, 2.05) is 0 Å². The van der Waals surface area contributed by atoms with Crippen LogP contribution in [-0.2, 0) is 9.59 Å². The molecule has 3 amide bonds. The number of carbonyl (C=O) groups is 3. The van der Waals surface area contributed by atoms with Gasteiger partial charge < -0.3 is 10.0 Å². The molecule has 1 saturated carbocycles. The zero-order chi connectivity index (χ0) is 14.4. The van der Waals surface area contributed by atoms with Gasteiger partial charge in [0.25, 0.3) is 5.91 Å². The standard InChI is InChI=1S/C13H20N2O4/c1-9-4-3-5-10(8-9)15(2)13(19)14-11(16)6-7-12(17)18/h6-7,9-10H,3-5,8H2,1-2H3,(H,17,18)(H,14,16,19)/b7-6+. The van der Waals surface area contributed by atoms with E-state index in [1.165, 1.54) is 11.3 Å². The van der Waals surface area contributed by atoms with Crippen molar-refractivity contribution in [1.82, 2.24) is 10.2 Å². The summed E-state index contributed by atoms with van der Waals surface area (Å²) >= 11 is 0. The van der Waals surface area contributed by atoms with Crippen LogP contribution in [0.4, 0.5) is 4.79 Å². The Morgan fingerprint density at radius 2 is 1.95 bits per heavy atom. The third-order valence-electron chi connectivity index (χ3n) is 3.38. The zero-order valence-corrected chi connectivity index (χ0v) is 11.3. The molecule has 0 heterocycles. The maximum Gasteiger partial charge on any atom is 0.328 e. The van der Waals surface area contributed by atoms with Gasteiger partial charge in [-0.2, -0.15) is 0 Å². The molecular weight excluding hydrogens is 248 g/mol. The van der Waals surface area contributed by atoms with Gasteiger partial charge in [-0.05, 0) is 18.8 Å². The molecule has 6 nitrogen and oxygen atoms in total. The summed E-state index contributed by atoms with van der Waals surface area (Å²) < 4.78 is 0. The molecule has 19 heavy (non-hydrogen) atoms. The van der Waals surface area contributed by atoms with Gasteiger partial charge in [-0.25, -0.2) is 9.59 Å². The Morgan fingerprint density at radius 3 is 2.53 bits per heavy atom. The highest BCUT2D eigenvalue weighted by atomic mass is 16.4. The van der Waals surface area contributed by atoms with Gasteiger partial charge in [0.2, 0.25) is 0 Å². The van der Waals surface area contributed by atoms with Crippen LogP contribution in [0.15, 0.2) is 12.2 Å². The van der Waals surface area contributed by atoms with Crippen LogP contribution in [0.5, 0.6) is 0 Å². The molecule has 1 fully saturated rings. The summed E-state index contributed by atoms with van der Waals surface area (Å²) in [6, 6.07) is -0.348. The highest BCUT2D eigenvalue weighted by Gasteiger charge is 2.25. The molecule has 1 rings (SSSR count). The molecule has 0 aromatic carbocycles. The second-order valence-electron chi connectivity index (χ2n) is 5.00. The highest BCUT2D eigenvalue weighted by molar-refractivity contribution is 6.02. The highest BCUT2D eigenvalue weighted by Crippen LogP contribution is 2.26. The Hall–Kier alpha value is -1.85. The fourth-order valence-corrected chi connectivity index (χ4v) is 2.30. The quantitative estimate of drug-likeness (QED) is 0.757. The molecule has 1 aliphatic rings. The largest absolute Gasteiger partial charge is 0.478 e. The average Bonchev–Trinajstić information content (AvgIpc) is 2.35. The lowest BCUT2D eigenvalue weighted by Gasteiger charge is -2.33. The van der Waals surface area contributed by atoms with Crippen LogP contribution in [0, 0.1) is 5.92 Å². The second-order valence-corrected chi connectivity index (χ2v) is 5.00. The van der Waals surface area contributed by atoms with Crippen molar-refractivity contribution in [1.29, 1.82) is 0 Å². The van der Waals surface area contributed by atoms with E-state index in [2.05, 4.69) is 12.2 Å². The lowest BCUT2D eigenvalue weighted by molar-refractivity contribution is -0.131. The number of nitrogens with zero attached hydrogens (tertiary/aromatic N) is 1. The van der Waals surface area contributed by atoms with Crippen molar-refractivity contribution in [2.45, 2.75) is 38.6 Å². The van der Waals surface area contributed by atoms with Crippen LogP contribution >= 0.6 is 0 Å². The number of hydrogen-bond donors (Lipinski definition) is 2. The smallest absolute Gasteiger partial charge is 0.328 e. The molecule has 106 valence electrons. The van der Waals surface area contributed by atoms with Crippen molar-refractivity contribution in [2.24, 2.45) is 5.92 Å². The maximum atomic E-state index is 11.8. The fraction of sp³-hybridized carbons (Fsp3) is 0.615. The Bertz CT molecular complexity index is 392. The van der Waals surface area contributed by atoms with Crippen molar-refractivity contribution in [3.8, 4) is 0 Å². The summed E-state index contributed by atoms with van der Waals surface area (Å²) in [5, 5.41) is 10.5. The van der Waals surface area contributed by atoms with Gasteiger partial charge in [0.15, 0.2) is 0 Å². The van der Waals surface area contributed by atoms with Crippen LogP contribution < -0.4 is 5.32 Å². The van der Waals surface area contributed by atoms with Crippen LogP contribution in [0.1, 0.15) is 32.6 Å². The first-order valence-electron chi connectivity index (χ1n) is 6.39. The molecule has 1 aliphatic carbocycles. The number of carboxylic acids is 1. The number of aliphatic carboxylic acids is 1. The molecule has 0 saturated heterocycles. The van der Waals surface area contributed by atoms with E-state index in [-0.39, 0.29) is 6.04 Å². The summed E-state index contributed by atoms with van der Waals surface area (Å²) in [4.78, 5) is 34.9. The summed E-state index contributed by atoms with van der Waals surface area (Å²) in [6.07, 6.45) is 5.65. The number of hydrogen-bond acceptors (Lipinski definition) is 3. The van der Waals surface area contributed by atoms with E-state index in [4.69, 9.17) is 5.11 Å². The minimum atomic E-state index is -1.22. The summed E-state index contributed by atoms with van der Waals surface area (Å²) in [5.74, 6) is -1.36. The lowest BCUT2D eigenvalue weighted by Crippen LogP contribution is -2.46. The van der Waals surface area contributed by atoms with E-state index in [1.54, 1.807) is 7.05 Å². The van der Waals surface area contributed by atoms with Gasteiger partial charge in [-0.1, -0.05) is 19.8 Å². The molecule has 0 radical (unpaired) electrons. The van der Waals surface area contributed by atoms with Crippen molar-refractivity contribution in [3.05, 3.63) is 12.2 Å². The first kappa shape index (κ1) is 15.2. The second kappa shape index (κ2) is 6.92. The predicted molar refractivity (Wildman–Crippen MR) is 69.5 cm³/mol. The third-order valence-corrected chi connectivity index (χ3v) is 3.38. The van der Waals surface area contributed by atoms with Gasteiger partial charge in [0.05, 0.1) is 0 Å². The number of nitrogens with one attached hydrogen (secondary N) is 1. The molecule has 2 unspecified atom stereocenters. The number of amides is 3. The van der Waals surface area contributed by atoms with E-state index >= 15 is 0 Å². The number of carboxylic acid groups (broad SMARTS) is 1. The molecule has 6 heteroatoms. The van der Waals surface area contributed by atoms with Crippen LogP contribution in [0.25, 0.3) is 0 Å². The summed E-state index contributed by atoms with van der Waals surface area (Å²) in [6.45, 7) is 2.15. The van der Waals surface area contributed by atoms with Gasteiger partial charge in [-0.3, -0.25) is 10.1 Å². The van der Waals surface area contributed by atoms with Gasteiger partial charge in [-0.15, -0.1) is 0 Å². The van der Waals surface area contributed by atoms with E-state index in [0.717, 1.165) is 25.3 Å². The van der Waals surface area contributed by atoms with Crippen molar-refractivity contribution in [3.63, 3.8) is 0 Å². The van der Waals surface area contributed by atoms with Gasteiger partial charge >= 0.3 is 12.0 Å². The Morgan fingerprint density at radius 1 is 1.26 bits per heavy atom. The first-order valence-corrected chi connectivity index (χ1v) is 6.39. The Balaban J connectivity index is 2.48. The normalized spacial score (nSPS) is 23.1. The van der Waals surface area contributed by atoms with Crippen LogP contribution in [0.3, 0.4) is 0 Å². The minimum Gasteiger partial charge on any atom is -0.478 e. The molecule has 2 atom stereocenters. The van der Waals surface area contributed by atoms with Crippen LogP contribution in [-0.4, -0.2) is 41.0 Å². The first-order chi connectivity index (χ1) is 8.90. The molecule has 2 N–H and O–H groups in total. The Kier molecular flexibility index (Phi) is 5.54. The Labute approximate surface area is 112 Å². The fourth-order valence-electron chi connectivity index (χ4n) is 2.30. The zero-order valence-electron chi connectivity index (χ0n) is 11.3. The van der Waals surface area contributed by atoms with E-state index in [0.29, 0.717) is 12.0 Å². The topological polar surface area (TPSA) is 86.7 Å². The summed E-state index contributed by atoms with van der Waals surface area (Å²) in [7, 11) is 1.66. The molecule has 0 aliphatic heterocycles.